The molecule has 0 aliphatic heterocycles. The summed E-state index contributed by atoms with van der Waals surface area (Å²) in [6.45, 7) is 8.52. The minimum absolute atomic E-state index is 0.674. The van der Waals surface area contributed by atoms with Gasteiger partial charge in [0, 0.05) is 29.3 Å². The predicted octanol–water partition coefficient (Wildman–Crippen LogP) is 4.36. The number of aromatic nitrogens is 6. The summed E-state index contributed by atoms with van der Waals surface area (Å²) in [5.41, 5.74) is 8.65. The van der Waals surface area contributed by atoms with Gasteiger partial charge in [0.2, 0.25) is 0 Å². The minimum atomic E-state index is 0.674. The van der Waals surface area contributed by atoms with Crippen LogP contribution in [-0.4, -0.2) is 29.1 Å². The lowest BCUT2D eigenvalue weighted by Crippen LogP contribution is -2.00. The Labute approximate surface area is 162 Å². The van der Waals surface area contributed by atoms with Gasteiger partial charge < -0.3 is 0 Å². The molecule has 0 atom stereocenters. The Bertz CT molecular complexity index is 1340. The average molecular weight is 368 g/mol. The molecular weight excluding hydrogens is 348 g/mol. The second-order valence-corrected chi connectivity index (χ2v) is 7.20. The highest BCUT2D eigenvalue weighted by Gasteiger charge is 2.19. The van der Waals surface area contributed by atoms with E-state index in [9.17, 15) is 0 Å². The molecule has 6 heteroatoms. The summed E-state index contributed by atoms with van der Waals surface area (Å²) >= 11 is 0. The molecule has 0 aliphatic rings. The van der Waals surface area contributed by atoms with Gasteiger partial charge in [-0.3, -0.25) is 9.55 Å². The van der Waals surface area contributed by atoms with E-state index in [1.54, 1.807) is 23.2 Å². The van der Waals surface area contributed by atoms with Crippen LogP contribution >= 0.6 is 0 Å². The fraction of sp³-hybridized carbons (Fsp3) is 0.182. The number of pyridine rings is 1. The van der Waals surface area contributed by atoms with Crippen molar-refractivity contribution in [2.24, 2.45) is 0 Å². The molecule has 4 aromatic heterocycles. The van der Waals surface area contributed by atoms with E-state index in [-0.39, 0.29) is 0 Å². The predicted molar refractivity (Wildman–Crippen MR) is 110 cm³/mol. The number of hydrogen-bond donors (Lipinski definition) is 0. The molecule has 0 fully saturated rings. The van der Waals surface area contributed by atoms with E-state index < -0.39 is 0 Å². The summed E-state index contributed by atoms with van der Waals surface area (Å²) < 4.78 is 3.97. The van der Waals surface area contributed by atoms with Crippen LogP contribution in [0.5, 0.6) is 0 Å². The third-order valence-electron chi connectivity index (χ3n) is 5.52. The molecule has 5 aromatic rings. The first kappa shape index (κ1) is 16.6. The van der Waals surface area contributed by atoms with Gasteiger partial charge >= 0.3 is 0 Å². The van der Waals surface area contributed by atoms with E-state index >= 15 is 0 Å². The number of rotatable bonds is 2. The lowest BCUT2D eigenvalue weighted by atomic mass is 10.1. The molecule has 0 bridgehead atoms. The smallest absolute Gasteiger partial charge is 0.182 e. The van der Waals surface area contributed by atoms with Gasteiger partial charge in [-0.25, -0.2) is 14.5 Å². The van der Waals surface area contributed by atoms with Crippen molar-refractivity contribution < 1.29 is 0 Å². The molecule has 0 saturated heterocycles. The summed E-state index contributed by atoms with van der Waals surface area (Å²) in [5, 5.41) is 5.65. The molecule has 6 nitrogen and oxygen atoms in total. The average Bonchev–Trinajstić information content (AvgIpc) is 3.24. The molecule has 0 radical (unpaired) electrons. The van der Waals surface area contributed by atoms with Crippen molar-refractivity contribution in [1.82, 2.24) is 29.1 Å². The third-order valence-corrected chi connectivity index (χ3v) is 5.52. The zero-order chi connectivity index (χ0) is 19.4. The normalized spacial score (nSPS) is 11.6. The van der Waals surface area contributed by atoms with Crippen LogP contribution in [0.15, 0.2) is 49.1 Å². The molecular formula is C22H20N6. The van der Waals surface area contributed by atoms with Crippen molar-refractivity contribution in [3.8, 4) is 17.1 Å². The fourth-order valence-electron chi connectivity index (χ4n) is 3.66. The molecule has 28 heavy (non-hydrogen) atoms. The lowest BCUT2D eigenvalue weighted by molar-refractivity contribution is 0.926. The molecule has 5 rings (SSSR count). The van der Waals surface area contributed by atoms with Crippen LogP contribution in [0.1, 0.15) is 22.4 Å². The summed E-state index contributed by atoms with van der Waals surface area (Å²) in [5.74, 6) is 0.674. The van der Waals surface area contributed by atoms with E-state index in [1.165, 1.54) is 16.7 Å². The van der Waals surface area contributed by atoms with Gasteiger partial charge in [0.25, 0.3) is 0 Å². The van der Waals surface area contributed by atoms with Crippen LogP contribution in [0.4, 0.5) is 0 Å². The summed E-state index contributed by atoms with van der Waals surface area (Å²) in [6, 6.07) is 10.3. The van der Waals surface area contributed by atoms with Crippen LogP contribution in [0.2, 0.25) is 0 Å². The number of fused-ring (bicyclic) bond motifs is 3. The van der Waals surface area contributed by atoms with Crippen molar-refractivity contribution in [1.29, 1.82) is 0 Å². The Hall–Kier alpha value is -3.54. The minimum Gasteiger partial charge on any atom is -0.298 e. The number of nitrogens with zero attached hydrogens (tertiary/aromatic N) is 6. The van der Waals surface area contributed by atoms with Gasteiger partial charge in [-0.15, -0.1) is 5.10 Å². The van der Waals surface area contributed by atoms with Gasteiger partial charge in [-0.05, 0) is 68.7 Å². The molecule has 0 unspecified atom stereocenters. The third kappa shape index (κ3) is 2.34. The maximum absolute atomic E-state index is 4.82. The molecule has 138 valence electrons. The van der Waals surface area contributed by atoms with Crippen molar-refractivity contribution in [2.75, 3.05) is 0 Å². The van der Waals surface area contributed by atoms with Gasteiger partial charge in [0.05, 0.1) is 5.39 Å². The monoisotopic (exact) mass is 368 g/mol. The van der Waals surface area contributed by atoms with Crippen LogP contribution < -0.4 is 0 Å². The Balaban J connectivity index is 1.80. The quantitative estimate of drug-likeness (QED) is 0.464. The van der Waals surface area contributed by atoms with Crippen LogP contribution in [0.3, 0.4) is 0 Å². The first-order valence-corrected chi connectivity index (χ1v) is 9.25. The number of hydrogen-bond acceptors (Lipinski definition) is 4. The summed E-state index contributed by atoms with van der Waals surface area (Å²) in [7, 11) is 0. The van der Waals surface area contributed by atoms with Crippen molar-refractivity contribution in [3.05, 3.63) is 71.4 Å². The zero-order valence-electron chi connectivity index (χ0n) is 16.3. The molecule has 0 amide bonds. The largest absolute Gasteiger partial charge is 0.298 e. The van der Waals surface area contributed by atoms with Crippen LogP contribution in [0, 0.1) is 27.7 Å². The highest BCUT2D eigenvalue weighted by Crippen LogP contribution is 2.31. The van der Waals surface area contributed by atoms with Crippen molar-refractivity contribution >= 4 is 16.7 Å². The standard InChI is InChI=1S/C22H20N6/c1-13-5-6-18(11-14(13)2)28-16(4)15(3)19-21(28)24-12-27-22(19)25-20(26-27)17-7-9-23-10-8-17/h5-12H,1-4H3. The topological polar surface area (TPSA) is 60.9 Å². The maximum Gasteiger partial charge on any atom is 0.182 e. The molecule has 1 aromatic carbocycles. The molecule has 0 aliphatic carbocycles. The van der Waals surface area contributed by atoms with Crippen molar-refractivity contribution in [3.63, 3.8) is 0 Å². The second kappa shape index (κ2) is 5.99. The van der Waals surface area contributed by atoms with E-state index in [2.05, 4.69) is 60.5 Å². The van der Waals surface area contributed by atoms with Gasteiger partial charge in [-0.1, -0.05) is 6.07 Å². The van der Waals surface area contributed by atoms with Crippen LogP contribution in [-0.2, 0) is 0 Å². The first-order valence-electron chi connectivity index (χ1n) is 9.25. The molecule has 0 saturated carbocycles. The Kier molecular flexibility index (Phi) is 3.55. The maximum atomic E-state index is 4.82. The number of benzene rings is 1. The van der Waals surface area contributed by atoms with E-state index in [0.717, 1.165) is 33.6 Å². The van der Waals surface area contributed by atoms with Crippen LogP contribution in [0.25, 0.3) is 33.8 Å². The second-order valence-electron chi connectivity index (χ2n) is 7.20. The van der Waals surface area contributed by atoms with E-state index in [0.29, 0.717) is 5.82 Å². The highest BCUT2D eigenvalue weighted by molar-refractivity contribution is 5.95. The van der Waals surface area contributed by atoms with E-state index in [4.69, 9.17) is 9.97 Å². The Morgan fingerprint density at radius 3 is 2.39 bits per heavy atom. The molecule has 0 N–H and O–H groups in total. The first-order chi connectivity index (χ1) is 13.5. The van der Waals surface area contributed by atoms with Gasteiger partial charge in [-0.2, -0.15) is 0 Å². The van der Waals surface area contributed by atoms with E-state index in [1.807, 2.05) is 12.1 Å². The zero-order valence-corrected chi connectivity index (χ0v) is 16.3. The lowest BCUT2D eigenvalue weighted by Gasteiger charge is -2.10. The Morgan fingerprint density at radius 1 is 0.857 bits per heavy atom. The van der Waals surface area contributed by atoms with Crippen molar-refractivity contribution in [2.45, 2.75) is 27.7 Å². The number of aryl methyl sites for hydroxylation is 3. The van der Waals surface area contributed by atoms with Gasteiger partial charge in [0.1, 0.15) is 6.33 Å². The van der Waals surface area contributed by atoms with Gasteiger partial charge in [0.15, 0.2) is 17.1 Å². The summed E-state index contributed by atoms with van der Waals surface area (Å²) in [4.78, 5) is 13.6. The SMILES string of the molecule is Cc1ccc(-n2c(C)c(C)c3c2ncn2nc(-c4ccncc4)nc32)cc1C. The highest BCUT2D eigenvalue weighted by atomic mass is 15.3. The fourth-order valence-corrected chi connectivity index (χ4v) is 3.66. The molecule has 0 spiro atoms. The molecule has 4 heterocycles. The summed E-state index contributed by atoms with van der Waals surface area (Å²) in [6.07, 6.45) is 5.24. The Morgan fingerprint density at radius 2 is 1.64 bits per heavy atom.